The SMILES string of the molecule is COC(=O)C(CCOC1COC1)NC1CC1. The Kier molecular flexibility index (Phi) is 4.15. The van der Waals surface area contributed by atoms with Crippen molar-refractivity contribution >= 4 is 5.97 Å². The minimum absolute atomic E-state index is 0.194. The van der Waals surface area contributed by atoms with Gasteiger partial charge in [0.15, 0.2) is 0 Å². The van der Waals surface area contributed by atoms with E-state index in [-0.39, 0.29) is 18.1 Å². The van der Waals surface area contributed by atoms with Crippen molar-refractivity contribution in [1.29, 1.82) is 0 Å². The van der Waals surface area contributed by atoms with Crippen LogP contribution in [-0.4, -0.2) is 51.1 Å². The van der Waals surface area contributed by atoms with Crippen molar-refractivity contribution in [1.82, 2.24) is 5.32 Å². The Morgan fingerprint density at radius 3 is 2.75 bits per heavy atom. The molecule has 2 rings (SSSR count). The van der Waals surface area contributed by atoms with Crippen molar-refractivity contribution in [2.75, 3.05) is 26.9 Å². The van der Waals surface area contributed by atoms with Gasteiger partial charge in [-0.1, -0.05) is 0 Å². The number of hydrogen-bond acceptors (Lipinski definition) is 5. The average molecular weight is 229 g/mol. The molecule has 1 aliphatic carbocycles. The molecule has 0 aromatic rings. The highest BCUT2D eigenvalue weighted by atomic mass is 16.6. The first-order valence-corrected chi connectivity index (χ1v) is 5.83. The van der Waals surface area contributed by atoms with Crippen LogP contribution in [-0.2, 0) is 19.0 Å². The summed E-state index contributed by atoms with van der Waals surface area (Å²) < 4.78 is 15.3. The van der Waals surface area contributed by atoms with Gasteiger partial charge in [-0.25, -0.2) is 0 Å². The first kappa shape index (κ1) is 11.8. The van der Waals surface area contributed by atoms with E-state index in [0.717, 1.165) is 12.8 Å². The van der Waals surface area contributed by atoms with Crippen molar-refractivity contribution in [2.45, 2.75) is 37.5 Å². The van der Waals surface area contributed by atoms with E-state index in [2.05, 4.69) is 5.32 Å². The van der Waals surface area contributed by atoms with Gasteiger partial charge in [-0.2, -0.15) is 0 Å². The predicted octanol–water partition coefficient (Wildman–Crippen LogP) is 0.0855. The predicted molar refractivity (Wildman–Crippen MR) is 57.1 cm³/mol. The quantitative estimate of drug-likeness (QED) is 0.627. The molecule has 0 radical (unpaired) electrons. The molecule has 1 aliphatic heterocycles. The molecule has 1 atom stereocenters. The van der Waals surface area contributed by atoms with E-state index in [1.54, 1.807) is 0 Å². The molecule has 1 saturated heterocycles. The Hall–Kier alpha value is -0.650. The monoisotopic (exact) mass is 229 g/mol. The van der Waals surface area contributed by atoms with E-state index in [4.69, 9.17) is 14.2 Å². The van der Waals surface area contributed by atoms with E-state index in [0.29, 0.717) is 32.3 Å². The first-order valence-electron chi connectivity index (χ1n) is 5.83. The number of carbonyl (C=O) groups excluding carboxylic acids is 1. The minimum Gasteiger partial charge on any atom is -0.468 e. The average Bonchev–Trinajstić information content (AvgIpc) is 3.02. The topological polar surface area (TPSA) is 56.8 Å². The summed E-state index contributed by atoms with van der Waals surface area (Å²) in [7, 11) is 1.42. The van der Waals surface area contributed by atoms with Gasteiger partial charge in [-0.3, -0.25) is 4.79 Å². The second kappa shape index (κ2) is 5.61. The summed E-state index contributed by atoms with van der Waals surface area (Å²) in [4.78, 5) is 11.5. The van der Waals surface area contributed by atoms with Gasteiger partial charge in [0.1, 0.15) is 12.1 Å². The molecule has 1 saturated carbocycles. The molecule has 0 amide bonds. The lowest BCUT2D eigenvalue weighted by Crippen LogP contribution is -2.41. The molecule has 0 spiro atoms. The second-order valence-corrected chi connectivity index (χ2v) is 4.34. The normalized spacial score (nSPS) is 22.6. The van der Waals surface area contributed by atoms with Gasteiger partial charge in [0, 0.05) is 12.6 Å². The number of methoxy groups -OCH3 is 1. The molecule has 5 nitrogen and oxygen atoms in total. The maximum atomic E-state index is 11.5. The van der Waals surface area contributed by atoms with Crippen molar-refractivity contribution < 1.29 is 19.0 Å². The van der Waals surface area contributed by atoms with Gasteiger partial charge in [0.05, 0.1) is 20.3 Å². The zero-order chi connectivity index (χ0) is 11.4. The molecule has 0 aromatic carbocycles. The third-order valence-electron chi connectivity index (χ3n) is 2.87. The fraction of sp³-hybridized carbons (Fsp3) is 0.909. The number of esters is 1. The van der Waals surface area contributed by atoms with Gasteiger partial charge in [-0.15, -0.1) is 0 Å². The summed E-state index contributed by atoms with van der Waals surface area (Å²) in [5, 5.41) is 3.27. The second-order valence-electron chi connectivity index (χ2n) is 4.34. The maximum Gasteiger partial charge on any atom is 0.322 e. The highest BCUT2D eigenvalue weighted by molar-refractivity contribution is 5.75. The number of hydrogen-bond donors (Lipinski definition) is 1. The van der Waals surface area contributed by atoms with Crippen molar-refractivity contribution in [3.05, 3.63) is 0 Å². The van der Waals surface area contributed by atoms with Crippen LogP contribution in [0.3, 0.4) is 0 Å². The number of rotatable bonds is 7. The lowest BCUT2D eigenvalue weighted by Gasteiger charge is -2.26. The lowest BCUT2D eigenvalue weighted by atomic mass is 10.2. The van der Waals surface area contributed by atoms with Gasteiger partial charge >= 0.3 is 5.97 Å². The van der Waals surface area contributed by atoms with Crippen LogP contribution in [0.25, 0.3) is 0 Å². The summed E-state index contributed by atoms with van der Waals surface area (Å²) >= 11 is 0. The fourth-order valence-electron chi connectivity index (χ4n) is 1.61. The van der Waals surface area contributed by atoms with Gasteiger partial charge in [-0.05, 0) is 19.3 Å². The molecule has 1 unspecified atom stereocenters. The maximum absolute atomic E-state index is 11.5. The number of carbonyl (C=O) groups is 1. The molecule has 92 valence electrons. The number of ether oxygens (including phenoxy) is 3. The molecule has 5 heteroatoms. The highest BCUT2D eigenvalue weighted by Gasteiger charge is 2.29. The van der Waals surface area contributed by atoms with E-state index in [9.17, 15) is 4.79 Å². The summed E-state index contributed by atoms with van der Waals surface area (Å²) in [6.07, 6.45) is 3.20. The number of nitrogens with one attached hydrogen (secondary N) is 1. The molecular formula is C11H19NO4. The van der Waals surface area contributed by atoms with Gasteiger partial charge < -0.3 is 19.5 Å². The Balaban J connectivity index is 1.65. The van der Waals surface area contributed by atoms with E-state index in [1.807, 2.05) is 0 Å². The van der Waals surface area contributed by atoms with Crippen molar-refractivity contribution in [2.24, 2.45) is 0 Å². The molecule has 16 heavy (non-hydrogen) atoms. The van der Waals surface area contributed by atoms with E-state index >= 15 is 0 Å². The van der Waals surface area contributed by atoms with Crippen LogP contribution in [0.2, 0.25) is 0 Å². The molecule has 1 N–H and O–H groups in total. The lowest BCUT2D eigenvalue weighted by molar-refractivity contribution is -0.146. The molecule has 2 aliphatic rings. The molecular weight excluding hydrogens is 210 g/mol. The minimum atomic E-state index is -0.224. The van der Waals surface area contributed by atoms with Gasteiger partial charge in [0.25, 0.3) is 0 Å². The Morgan fingerprint density at radius 1 is 1.50 bits per heavy atom. The van der Waals surface area contributed by atoms with Crippen molar-refractivity contribution in [3.8, 4) is 0 Å². The molecule has 1 heterocycles. The summed E-state index contributed by atoms with van der Waals surface area (Å²) in [6, 6.07) is 0.273. The van der Waals surface area contributed by atoms with Gasteiger partial charge in [0.2, 0.25) is 0 Å². The third kappa shape index (κ3) is 3.43. The van der Waals surface area contributed by atoms with Crippen LogP contribution in [0.5, 0.6) is 0 Å². The first-order chi connectivity index (χ1) is 7.79. The summed E-state index contributed by atoms with van der Waals surface area (Å²) in [6.45, 7) is 1.94. The van der Waals surface area contributed by atoms with Crippen LogP contribution in [0.1, 0.15) is 19.3 Å². The van der Waals surface area contributed by atoms with Crippen LogP contribution in [0, 0.1) is 0 Å². The van der Waals surface area contributed by atoms with Crippen LogP contribution in [0.15, 0.2) is 0 Å². The molecule has 0 bridgehead atoms. The van der Waals surface area contributed by atoms with Crippen LogP contribution >= 0.6 is 0 Å². The highest BCUT2D eigenvalue weighted by Crippen LogP contribution is 2.20. The Bertz CT molecular complexity index is 238. The van der Waals surface area contributed by atoms with Crippen LogP contribution in [0.4, 0.5) is 0 Å². The Morgan fingerprint density at radius 2 is 2.25 bits per heavy atom. The zero-order valence-electron chi connectivity index (χ0n) is 9.61. The molecule has 0 aromatic heterocycles. The summed E-state index contributed by atoms with van der Waals surface area (Å²) in [5.41, 5.74) is 0. The standard InChI is InChI=1S/C11H19NO4/c1-14-11(13)10(12-8-2-3-8)4-5-16-9-6-15-7-9/h8-10,12H,2-7H2,1H3. The Labute approximate surface area is 95.4 Å². The van der Waals surface area contributed by atoms with E-state index in [1.165, 1.54) is 7.11 Å². The third-order valence-corrected chi connectivity index (χ3v) is 2.87. The fourth-order valence-corrected chi connectivity index (χ4v) is 1.61. The summed E-state index contributed by atoms with van der Waals surface area (Å²) in [5.74, 6) is -0.194. The zero-order valence-corrected chi connectivity index (χ0v) is 9.61. The molecule has 2 fully saturated rings. The smallest absolute Gasteiger partial charge is 0.322 e. The largest absolute Gasteiger partial charge is 0.468 e. The van der Waals surface area contributed by atoms with Crippen molar-refractivity contribution in [3.63, 3.8) is 0 Å². The van der Waals surface area contributed by atoms with E-state index < -0.39 is 0 Å². The van der Waals surface area contributed by atoms with Crippen LogP contribution < -0.4 is 5.32 Å².